The Morgan fingerprint density at radius 3 is 2.67 bits per heavy atom. The van der Waals surface area contributed by atoms with Gasteiger partial charge in [0.2, 0.25) is 0 Å². The molecule has 124 valence electrons. The summed E-state index contributed by atoms with van der Waals surface area (Å²) in [5.41, 5.74) is 2.85. The van der Waals surface area contributed by atoms with Gasteiger partial charge in [0.25, 0.3) is 0 Å². The summed E-state index contributed by atoms with van der Waals surface area (Å²) in [6.45, 7) is 5.19. The number of nitriles is 1. The second-order valence-corrected chi connectivity index (χ2v) is 6.35. The minimum atomic E-state index is 0.327. The Hall–Kier alpha value is -2.45. The predicted octanol–water partition coefficient (Wildman–Crippen LogP) is 3.33. The molecule has 1 saturated heterocycles. The number of piperidine rings is 1. The van der Waals surface area contributed by atoms with Crippen molar-refractivity contribution in [2.24, 2.45) is 0 Å². The fourth-order valence-corrected chi connectivity index (χ4v) is 3.12. The first-order valence-corrected chi connectivity index (χ1v) is 8.53. The van der Waals surface area contributed by atoms with Crippen LogP contribution in [0.15, 0.2) is 36.7 Å². The molecule has 2 heterocycles. The van der Waals surface area contributed by atoms with E-state index in [2.05, 4.69) is 51.4 Å². The molecule has 1 aliphatic rings. The summed E-state index contributed by atoms with van der Waals surface area (Å²) in [5, 5.41) is 12.2. The molecule has 0 spiro atoms. The maximum Gasteiger partial charge on any atom is 0.182 e. The number of hydrogen-bond donors (Lipinski definition) is 1. The highest BCUT2D eigenvalue weighted by molar-refractivity contribution is 5.47. The number of nitrogens with one attached hydrogen (secondary N) is 1. The molecular formula is C19H23N5. The monoisotopic (exact) mass is 321 g/mol. The van der Waals surface area contributed by atoms with E-state index in [1.165, 1.54) is 43.1 Å². The molecule has 0 saturated carbocycles. The number of anilines is 1. The highest BCUT2D eigenvalue weighted by Crippen LogP contribution is 2.19. The Balaban J connectivity index is 1.57. The molecule has 24 heavy (non-hydrogen) atoms. The smallest absolute Gasteiger partial charge is 0.182 e. The lowest BCUT2D eigenvalue weighted by molar-refractivity contribution is 0.152. The molecule has 1 aromatic carbocycles. The standard InChI is InChI=1S/C19H23N5/c1-15-4-2-3-11-24(15)14-17-7-5-16(6-8-17)13-23-19-18(12-20)21-9-10-22-19/h5-10,15H,2-4,11,13-14H2,1H3,(H,22,23). The summed E-state index contributed by atoms with van der Waals surface area (Å²) in [6, 6.07) is 11.4. The van der Waals surface area contributed by atoms with E-state index >= 15 is 0 Å². The summed E-state index contributed by atoms with van der Waals surface area (Å²) >= 11 is 0. The second kappa shape index (κ2) is 7.89. The molecular weight excluding hydrogens is 298 g/mol. The van der Waals surface area contributed by atoms with Crippen molar-refractivity contribution in [2.45, 2.75) is 45.3 Å². The highest BCUT2D eigenvalue weighted by atomic mass is 15.2. The number of aromatic nitrogens is 2. The van der Waals surface area contributed by atoms with E-state index in [-0.39, 0.29) is 0 Å². The molecule has 1 aromatic heterocycles. The topological polar surface area (TPSA) is 64.8 Å². The van der Waals surface area contributed by atoms with E-state index in [0.29, 0.717) is 24.1 Å². The highest BCUT2D eigenvalue weighted by Gasteiger charge is 2.17. The van der Waals surface area contributed by atoms with Crippen LogP contribution in [-0.2, 0) is 13.1 Å². The average Bonchev–Trinajstić information content (AvgIpc) is 2.63. The minimum Gasteiger partial charge on any atom is -0.364 e. The molecule has 0 radical (unpaired) electrons. The zero-order chi connectivity index (χ0) is 16.8. The van der Waals surface area contributed by atoms with E-state index in [1.807, 2.05) is 6.07 Å². The van der Waals surface area contributed by atoms with Gasteiger partial charge in [-0.2, -0.15) is 5.26 Å². The lowest BCUT2D eigenvalue weighted by Crippen LogP contribution is -2.36. The first kappa shape index (κ1) is 16.4. The van der Waals surface area contributed by atoms with Crippen LogP contribution >= 0.6 is 0 Å². The summed E-state index contributed by atoms with van der Waals surface area (Å²) in [5.74, 6) is 0.534. The first-order valence-electron chi connectivity index (χ1n) is 8.53. The van der Waals surface area contributed by atoms with Gasteiger partial charge in [-0.05, 0) is 37.4 Å². The fraction of sp³-hybridized carbons (Fsp3) is 0.421. The Morgan fingerprint density at radius 1 is 1.17 bits per heavy atom. The van der Waals surface area contributed by atoms with Gasteiger partial charge in [0.15, 0.2) is 11.5 Å². The van der Waals surface area contributed by atoms with E-state index < -0.39 is 0 Å². The van der Waals surface area contributed by atoms with Gasteiger partial charge in [0, 0.05) is 31.5 Å². The van der Waals surface area contributed by atoms with Gasteiger partial charge < -0.3 is 5.32 Å². The molecule has 0 amide bonds. The zero-order valence-electron chi connectivity index (χ0n) is 14.1. The Labute approximate surface area is 143 Å². The third-order valence-electron chi connectivity index (χ3n) is 4.61. The van der Waals surface area contributed by atoms with Crippen LogP contribution in [-0.4, -0.2) is 27.5 Å². The van der Waals surface area contributed by atoms with Crippen LogP contribution in [0.4, 0.5) is 5.82 Å². The van der Waals surface area contributed by atoms with Crippen molar-refractivity contribution in [3.05, 3.63) is 53.5 Å². The summed E-state index contributed by atoms with van der Waals surface area (Å²) in [6.07, 6.45) is 7.09. The maximum absolute atomic E-state index is 9.03. The van der Waals surface area contributed by atoms with Gasteiger partial charge in [0.05, 0.1) is 0 Å². The Kier molecular flexibility index (Phi) is 5.39. The lowest BCUT2D eigenvalue weighted by atomic mass is 10.0. The maximum atomic E-state index is 9.03. The van der Waals surface area contributed by atoms with Crippen molar-refractivity contribution in [1.29, 1.82) is 5.26 Å². The van der Waals surface area contributed by atoms with Gasteiger partial charge in [-0.15, -0.1) is 0 Å². The molecule has 2 aromatic rings. The van der Waals surface area contributed by atoms with Gasteiger partial charge in [-0.3, -0.25) is 4.90 Å². The van der Waals surface area contributed by atoms with E-state index in [4.69, 9.17) is 5.26 Å². The fourth-order valence-electron chi connectivity index (χ4n) is 3.12. The van der Waals surface area contributed by atoms with Gasteiger partial charge >= 0.3 is 0 Å². The molecule has 3 rings (SSSR count). The van der Waals surface area contributed by atoms with Gasteiger partial charge in [0.1, 0.15) is 6.07 Å². The summed E-state index contributed by atoms with van der Waals surface area (Å²) in [7, 11) is 0. The first-order chi connectivity index (χ1) is 11.8. The number of rotatable bonds is 5. The van der Waals surface area contributed by atoms with Gasteiger partial charge in [-0.25, -0.2) is 9.97 Å². The number of hydrogen-bond acceptors (Lipinski definition) is 5. The molecule has 5 heteroatoms. The van der Waals surface area contributed by atoms with Crippen molar-refractivity contribution in [3.8, 4) is 6.07 Å². The van der Waals surface area contributed by atoms with Crippen molar-refractivity contribution in [1.82, 2.24) is 14.9 Å². The molecule has 0 bridgehead atoms. The third-order valence-corrected chi connectivity index (χ3v) is 4.61. The predicted molar refractivity (Wildman–Crippen MR) is 94.2 cm³/mol. The molecule has 5 nitrogen and oxygen atoms in total. The Morgan fingerprint density at radius 2 is 1.92 bits per heavy atom. The number of likely N-dealkylation sites (tertiary alicyclic amines) is 1. The lowest BCUT2D eigenvalue weighted by Gasteiger charge is -2.33. The van der Waals surface area contributed by atoms with Crippen LogP contribution in [0.1, 0.15) is 43.0 Å². The van der Waals surface area contributed by atoms with Crippen LogP contribution in [0.3, 0.4) is 0 Å². The van der Waals surface area contributed by atoms with E-state index in [1.54, 1.807) is 6.20 Å². The minimum absolute atomic E-state index is 0.327. The second-order valence-electron chi connectivity index (χ2n) is 6.35. The van der Waals surface area contributed by atoms with E-state index in [0.717, 1.165) is 6.54 Å². The number of nitrogens with zero attached hydrogens (tertiary/aromatic N) is 4. The van der Waals surface area contributed by atoms with Crippen molar-refractivity contribution in [3.63, 3.8) is 0 Å². The van der Waals surface area contributed by atoms with Crippen LogP contribution in [0, 0.1) is 11.3 Å². The zero-order valence-corrected chi connectivity index (χ0v) is 14.1. The van der Waals surface area contributed by atoms with Crippen molar-refractivity contribution < 1.29 is 0 Å². The number of benzene rings is 1. The van der Waals surface area contributed by atoms with Crippen molar-refractivity contribution >= 4 is 5.82 Å². The molecule has 1 atom stereocenters. The third kappa shape index (κ3) is 4.09. The molecule has 0 aliphatic carbocycles. The average molecular weight is 321 g/mol. The van der Waals surface area contributed by atoms with Crippen LogP contribution in [0.5, 0.6) is 0 Å². The van der Waals surface area contributed by atoms with Crippen LogP contribution in [0.25, 0.3) is 0 Å². The van der Waals surface area contributed by atoms with Crippen LogP contribution < -0.4 is 5.32 Å². The Bertz CT molecular complexity index is 704. The molecule has 1 N–H and O–H groups in total. The van der Waals surface area contributed by atoms with Crippen molar-refractivity contribution in [2.75, 3.05) is 11.9 Å². The van der Waals surface area contributed by atoms with Crippen LogP contribution in [0.2, 0.25) is 0 Å². The normalized spacial score (nSPS) is 18.1. The summed E-state index contributed by atoms with van der Waals surface area (Å²) in [4.78, 5) is 10.7. The molecule has 1 unspecified atom stereocenters. The SMILES string of the molecule is CC1CCCCN1Cc1ccc(CNc2nccnc2C#N)cc1. The summed E-state index contributed by atoms with van der Waals surface area (Å²) < 4.78 is 0. The quantitative estimate of drug-likeness (QED) is 0.915. The largest absolute Gasteiger partial charge is 0.364 e. The molecule has 1 aliphatic heterocycles. The molecule has 1 fully saturated rings. The van der Waals surface area contributed by atoms with E-state index in [9.17, 15) is 0 Å². The van der Waals surface area contributed by atoms with Gasteiger partial charge in [-0.1, -0.05) is 30.7 Å².